The van der Waals surface area contributed by atoms with E-state index in [1.807, 2.05) is 18.2 Å². The minimum Gasteiger partial charge on any atom is -0.324 e. The number of hydrogen-bond acceptors (Lipinski definition) is 3. The summed E-state index contributed by atoms with van der Waals surface area (Å²) < 4.78 is 26.3. The Morgan fingerprint density at radius 1 is 0.926 bits per heavy atom. The van der Waals surface area contributed by atoms with Gasteiger partial charge in [-0.05, 0) is 35.1 Å². The van der Waals surface area contributed by atoms with Crippen molar-refractivity contribution in [1.82, 2.24) is 4.31 Å². The third-order valence-corrected chi connectivity index (χ3v) is 6.27. The number of sulfonamides is 1. The van der Waals surface area contributed by atoms with E-state index in [9.17, 15) is 13.2 Å². The molecule has 2 rings (SSSR count). The first-order valence-corrected chi connectivity index (χ1v) is 10.5. The summed E-state index contributed by atoms with van der Waals surface area (Å²) in [6.07, 6.45) is 0. The highest BCUT2D eigenvalue weighted by atomic mass is 32.2. The second-order valence-corrected chi connectivity index (χ2v) is 9.29. The highest BCUT2D eigenvalue weighted by Crippen LogP contribution is 2.32. The fraction of sp³-hybridized carbons (Fsp3) is 0.381. The van der Waals surface area contributed by atoms with Gasteiger partial charge in [0.25, 0.3) is 0 Å². The topological polar surface area (TPSA) is 66.5 Å². The molecule has 27 heavy (non-hydrogen) atoms. The zero-order valence-electron chi connectivity index (χ0n) is 16.6. The van der Waals surface area contributed by atoms with Gasteiger partial charge in [0.15, 0.2) is 0 Å². The van der Waals surface area contributed by atoms with Crippen LogP contribution in [0.5, 0.6) is 0 Å². The minimum absolute atomic E-state index is 0.172. The molecule has 1 N–H and O–H groups in total. The average Bonchev–Trinajstić information content (AvgIpc) is 2.62. The van der Waals surface area contributed by atoms with Crippen LogP contribution in [-0.4, -0.2) is 32.2 Å². The number of hydrogen-bond donors (Lipinski definition) is 1. The van der Waals surface area contributed by atoms with E-state index in [0.717, 1.165) is 21.1 Å². The van der Waals surface area contributed by atoms with Crippen LogP contribution in [0.25, 0.3) is 0 Å². The van der Waals surface area contributed by atoms with Crippen molar-refractivity contribution in [2.45, 2.75) is 44.4 Å². The molecule has 0 fully saturated rings. The largest absolute Gasteiger partial charge is 0.324 e. The van der Waals surface area contributed by atoms with E-state index in [4.69, 9.17) is 0 Å². The molecular formula is C21H28N2O3S. The summed E-state index contributed by atoms with van der Waals surface area (Å²) in [4.78, 5) is 12.8. The lowest BCUT2D eigenvalue weighted by molar-refractivity contribution is -0.116. The normalized spacial score (nSPS) is 12.0. The Balaban J connectivity index is 2.23. The molecule has 0 spiro atoms. The SMILES string of the molecule is CC(C)c1cccc(C(C)C)c1NC(=O)CN(C)S(=O)(=O)c1ccccc1. The average molecular weight is 389 g/mol. The van der Waals surface area contributed by atoms with Crippen molar-refractivity contribution in [1.29, 1.82) is 0 Å². The second kappa shape index (κ2) is 8.67. The lowest BCUT2D eigenvalue weighted by atomic mass is 9.92. The maximum Gasteiger partial charge on any atom is 0.243 e. The van der Waals surface area contributed by atoms with Crippen molar-refractivity contribution in [3.8, 4) is 0 Å². The van der Waals surface area contributed by atoms with Crippen LogP contribution in [0.3, 0.4) is 0 Å². The van der Waals surface area contributed by atoms with Gasteiger partial charge in [-0.25, -0.2) is 8.42 Å². The van der Waals surface area contributed by atoms with Crippen molar-refractivity contribution in [3.63, 3.8) is 0 Å². The fourth-order valence-electron chi connectivity index (χ4n) is 2.93. The van der Waals surface area contributed by atoms with Crippen LogP contribution in [0.4, 0.5) is 5.69 Å². The molecule has 0 atom stereocenters. The smallest absolute Gasteiger partial charge is 0.243 e. The van der Waals surface area contributed by atoms with Crippen LogP contribution in [0.2, 0.25) is 0 Å². The number of nitrogens with one attached hydrogen (secondary N) is 1. The number of amides is 1. The van der Waals surface area contributed by atoms with Gasteiger partial charge in [-0.3, -0.25) is 4.79 Å². The molecule has 146 valence electrons. The van der Waals surface area contributed by atoms with Crippen molar-refractivity contribution in [2.24, 2.45) is 0 Å². The summed E-state index contributed by atoms with van der Waals surface area (Å²) >= 11 is 0. The van der Waals surface area contributed by atoms with Crippen LogP contribution in [0.1, 0.15) is 50.7 Å². The summed E-state index contributed by atoms with van der Waals surface area (Å²) in [5.74, 6) is 0.126. The number of nitrogens with zero attached hydrogens (tertiary/aromatic N) is 1. The lowest BCUT2D eigenvalue weighted by Crippen LogP contribution is -2.35. The number of anilines is 1. The maximum atomic E-state index is 12.6. The predicted octanol–water partition coefficient (Wildman–Crippen LogP) is 4.19. The van der Waals surface area contributed by atoms with E-state index >= 15 is 0 Å². The van der Waals surface area contributed by atoms with Crippen LogP contribution < -0.4 is 5.32 Å². The van der Waals surface area contributed by atoms with E-state index in [2.05, 4.69) is 33.0 Å². The van der Waals surface area contributed by atoms with Crippen LogP contribution >= 0.6 is 0 Å². The molecule has 0 heterocycles. The molecule has 0 bridgehead atoms. The van der Waals surface area contributed by atoms with E-state index in [-0.39, 0.29) is 29.2 Å². The molecule has 0 unspecified atom stereocenters. The van der Waals surface area contributed by atoms with Crippen molar-refractivity contribution in [2.75, 3.05) is 18.9 Å². The molecule has 0 aliphatic heterocycles. The van der Waals surface area contributed by atoms with E-state index < -0.39 is 10.0 Å². The lowest BCUT2D eigenvalue weighted by Gasteiger charge is -2.22. The van der Waals surface area contributed by atoms with Crippen LogP contribution in [0.15, 0.2) is 53.4 Å². The summed E-state index contributed by atoms with van der Waals surface area (Å²) in [5.41, 5.74) is 2.88. The standard InChI is InChI=1S/C21H28N2O3S/c1-15(2)18-12-9-13-19(16(3)4)21(18)22-20(24)14-23(5)27(25,26)17-10-7-6-8-11-17/h6-13,15-16H,14H2,1-5H3,(H,22,24). The molecule has 0 saturated carbocycles. The molecule has 0 aromatic heterocycles. The monoisotopic (exact) mass is 388 g/mol. The molecule has 0 radical (unpaired) electrons. The first kappa shape index (κ1) is 21.1. The second-order valence-electron chi connectivity index (χ2n) is 7.24. The zero-order valence-corrected chi connectivity index (χ0v) is 17.4. The van der Waals surface area contributed by atoms with Crippen LogP contribution in [-0.2, 0) is 14.8 Å². The number of rotatable bonds is 7. The maximum absolute atomic E-state index is 12.6. The molecule has 6 heteroatoms. The number of likely N-dealkylation sites (N-methyl/N-ethyl adjacent to an activating group) is 1. The number of para-hydroxylation sites is 1. The van der Waals surface area contributed by atoms with E-state index in [1.165, 1.54) is 19.2 Å². The first-order valence-electron chi connectivity index (χ1n) is 9.08. The number of carbonyl (C=O) groups excluding carboxylic acids is 1. The highest BCUT2D eigenvalue weighted by molar-refractivity contribution is 7.89. The molecule has 1 amide bonds. The quantitative estimate of drug-likeness (QED) is 0.773. The Morgan fingerprint density at radius 2 is 1.44 bits per heavy atom. The molecule has 0 aliphatic rings. The van der Waals surface area contributed by atoms with E-state index in [1.54, 1.807) is 18.2 Å². The number of carbonyl (C=O) groups is 1. The molecule has 0 aliphatic carbocycles. The van der Waals surface area contributed by atoms with Crippen molar-refractivity contribution < 1.29 is 13.2 Å². The van der Waals surface area contributed by atoms with Gasteiger partial charge in [0, 0.05) is 12.7 Å². The van der Waals surface area contributed by atoms with Gasteiger partial charge >= 0.3 is 0 Å². The summed E-state index contributed by atoms with van der Waals surface area (Å²) in [6, 6.07) is 14.1. The third-order valence-electron chi connectivity index (χ3n) is 4.46. The Morgan fingerprint density at radius 3 is 1.93 bits per heavy atom. The van der Waals surface area contributed by atoms with Crippen LogP contribution in [0, 0.1) is 0 Å². The summed E-state index contributed by atoms with van der Waals surface area (Å²) in [7, 11) is -2.29. The van der Waals surface area contributed by atoms with Crippen molar-refractivity contribution >= 4 is 21.6 Å². The molecule has 2 aromatic carbocycles. The Bertz CT molecular complexity index is 865. The van der Waals surface area contributed by atoms with Gasteiger partial charge in [0.05, 0.1) is 11.4 Å². The van der Waals surface area contributed by atoms with Gasteiger partial charge in [-0.2, -0.15) is 4.31 Å². The van der Waals surface area contributed by atoms with Crippen molar-refractivity contribution in [3.05, 3.63) is 59.7 Å². The zero-order chi connectivity index (χ0) is 20.2. The summed E-state index contributed by atoms with van der Waals surface area (Å²) in [5, 5.41) is 2.95. The van der Waals surface area contributed by atoms with Gasteiger partial charge in [0.2, 0.25) is 15.9 Å². The molecule has 2 aromatic rings. The van der Waals surface area contributed by atoms with Gasteiger partial charge in [0.1, 0.15) is 0 Å². The minimum atomic E-state index is -3.71. The predicted molar refractivity (Wildman–Crippen MR) is 110 cm³/mol. The molecular weight excluding hydrogens is 360 g/mol. The molecule has 0 saturated heterocycles. The Kier molecular flexibility index (Phi) is 6.78. The number of benzene rings is 2. The van der Waals surface area contributed by atoms with E-state index in [0.29, 0.717) is 0 Å². The van der Waals surface area contributed by atoms with Gasteiger partial charge in [-0.15, -0.1) is 0 Å². The Labute approximate surface area is 162 Å². The first-order chi connectivity index (χ1) is 12.6. The highest BCUT2D eigenvalue weighted by Gasteiger charge is 2.24. The molecule has 5 nitrogen and oxygen atoms in total. The Hall–Kier alpha value is -2.18. The summed E-state index contributed by atoms with van der Waals surface area (Å²) in [6.45, 7) is 8.03. The third kappa shape index (κ3) is 4.96. The van der Waals surface area contributed by atoms with Gasteiger partial charge < -0.3 is 5.32 Å². The fourth-order valence-corrected chi connectivity index (χ4v) is 4.08. The van der Waals surface area contributed by atoms with Gasteiger partial charge in [-0.1, -0.05) is 64.1 Å².